The first-order chi connectivity index (χ1) is 12.1. The van der Waals surface area contributed by atoms with Crippen LogP contribution in [-0.2, 0) is 16.5 Å². The van der Waals surface area contributed by atoms with Crippen molar-refractivity contribution in [3.63, 3.8) is 0 Å². The third-order valence-corrected chi connectivity index (χ3v) is 3.99. The van der Waals surface area contributed by atoms with E-state index in [0.717, 1.165) is 17.7 Å². The predicted molar refractivity (Wildman–Crippen MR) is 92.4 cm³/mol. The van der Waals surface area contributed by atoms with Crippen LogP contribution < -0.4 is 0 Å². The number of hydrogen-bond acceptors (Lipinski definition) is 3. The molecule has 6 heteroatoms. The monoisotopic (exact) mass is 364 g/mol. The second-order valence-electron chi connectivity index (χ2n) is 6.07. The lowest BCUT2D eigenvalue weighted by molar-refractivity contribution is -0.137. The van der Waals surface area contributed by atoms with E-state index in [-0.39, 0.29) is 6.42 Å². The highest BCUT2D eigenvalue weighted by atomic mass is 19.4. The first-order valence-electron chi connectivity index (χ1n) is 7.88. The molecule has 2 aromatic carbocycles. The number of alkyl halides is 3. The van der Waals surface area contributed by atoms with Crippen molar-refractivity contribution >= 4 is 12.0 Å². The summed E-state index contributed by atoms with van der Waals surface area (Å²) in [6.45, 7) is 1.54. The molecule has 0 unspecified atom stereocenters. The lowest BCUT2D eigenvalue weighted by atomic mass is 9.91. The second-order valence-corrected chi connectivity index (χ2v) is 6.07. The summed E-state index contributed by atoms with van der Waals surface area (Å²) in [6, 6.07) is 11.2. The minimum absolute atomic E-state index is 0.219. The summed E-state index contributed by atoms with van der Waals surface area (Å²) in [5, 5.41) is 10.5. The van der Waals surface area contributed by atoms with Gasteiger partial charge < -0.3 is 9.84 Å². The summed E-state index contributed by atoms with van der Waals surface area (Å²) in [7, 11) is 1.31. The summed E-state index contributed by atoms with van der Waals surface area (Å²) in [5.41, 5.74) is -0.399. The molecule has 3 nitrogen and oxygen atoms in total. The van der Waals surface area contributed by atoms with Gasteiger partial charge in [0.2, 0.25) is 0 Å². The molecule has 0 saturated carbocycles. The van der Waals surface area contributed by atoms with Crippen LogP contribution >= 0.6 is 0 Å². The number of halogens is 3. The highest BCUT2D eigenvalue weighted by Crippen LogP contribution is 2.32. The van der Waals surface area contributed by atoms with Crippen LogP contribution in [0.15, 0.2) is 54.6 Å². The van der Waals surface area contributed by atoms with Crippen LogP contribution in [0, 0.1) is 0 Å². The molecule has 2 aromatic rings. The smallest absolute Gasteiger partial charge is 0.416 e. The fraction of sp³-hybridized carbons (Fsp3) is 0.250. The van der Waals surface area contributed by atoms with E-state index in [4.69, 9.17) is 0 Å². The first-order valence-corrected chi connectivity index (χ1v) is 7.88. The Balaban J connectivity index is 2.05. The van der Waals surface area contributed by atoms with E-state index in [1.807, 2.05) is 0 Å². The summed E-state index contributed by atoms with van der Waals surface area (Å²) in [4.78, 5) is 11.4. The fourth-order valence-corrected chi connectivity index (χ4v) is 2.41. The second kappa shape index (κ2) is 7.74. The van der Waals surface area contributed by atoms with E-state index in [2.05, 4.69) is 4.74 Å². The molecular weight excluding hydrogens is 345 g/mol. The molecule has 138 valence electrons. The Morgan fingerprint density at radius 3 is 2.08 bits per heavy atom. The Morgan fingerprint density at radius 2 is 1.58 bits per heavy atom. The molecule has 0 aliphatic carbocycles. The zero-order valence-corrected chi connectivity index (χ0v) is 14.4. The van der Waals surface area contributed by atoms with Gasteiger partial charge in [-0.1, -0.05) is 36.4 Å². The summed E-state index contributed by atoms with van der Waals surface area (Å²) < 4.78 is 42.4. The lowest BCUT2D eigenvalue weighted by Crippen LogP contribution is -2.20. The molecule has 0 aromatic heterocycles. The van der Waals surface area contributed by atoms with Crippen molar-refractivity contribution in [1.82, 2.24) is 0 Å². The molecule has 2 rings (SSSR count). The molecule has 1 N–H and O–H groups in total. The van der Waals surface area contributed by atoms with E-state index >= 15 is 0 Å². The van der Waals surface area contributed by atoms with Crippen LogP contribution in [0.5, 0.6) is 0 Å². The molecule has 0 saturated heterocycles. The highest BCUT2D eigenvalue weighted by Gasteiger charge is 2.31. The molecule has 0 amide bonds. The maximum Gasteiger partial charge on any atom is 0.416 e. The maximum atomic E-state index is 12.6. The topological polar surface area (TPSA) is 46.5 Å². The predicted octanol–water partition coefficient (Wildman–Crippen LogP) is 4.80. The molecule has 0 fully saturated rings. The SMILES string of the molecule is COC(=O)c1ccc(/C=C/C[C@](C)(O)c2ccc(C(F)(F)F)cc2)cc1. The van der Waals surface area contributed by atoms with Crippen molar-refractivity contribution < 1.29 is 27.8 Å². The van der Waals surface area contributed by atoms with Gasteiger partial charge in [-0.2, -0.15) is 13.2 Å². The summed E-state index contributed by atoms with van der Waals surface area (Å²) in [6.07, 6.45) is -0.692. The number of hydrogen-bond donors (Lipinski definition) is 1. The molecular formula is C20H19F3O3. The van der Waals surface area contributed by atoms with E-state index in [0.29, 0.717) is 11.1 Å². The Bertz CT molecular complexity index is 773. The van der Waals surface area contributed by atoms with Gasteiger partial charge in [0, 0.05) is 0 Å². The quantitative estimate of drug-likeness (QED) is 0.775. The van der Waals surface area contributed by atoms with Crippen LogP contribution in [-0.4, -0.2) is 18.2 Å². The van der Waals surface area contributed by atoms with Gasteiger partial charge >= 0.3 is 12.1 Å². The van der Waals surface area contributed by atoms with Gasteiger partial charge in [-0.15, -0.1) is 0 Å². The van der Waals surface area contributed by atoms with Crippen molar-refractivity contribution in [3.05, 3.63) is 76.9 Å². The van der Waals surface area contributed by atoms with E-state index < -0.39 is 23.3 Å². The Morgan fingerprint density at radius 1 is 1.04 bits per heavy atom. The lowest BCUT2D eigenvalue weighted by Gasteiger charge is -2.22. The van der Waals surface area contributed by atoms with Crippen molar-refractivity contribution in [3.8, 4) is 0 Å². The largest absolute Gasteiger partial charge is 0.465 e. The van der Waals surface area contributed by atoms with Gasteiger partial charge in [0.1, 0.15) is 0 Å². The Labute approximate surface area is 149 Å². The Hall–Kier alpha value is -2.60. The summed E-state index contributed by atoms with van der Waals surface area (Å²) >= 11 is 0. The number of carbonyl (C=O) groups is 1. The average Bonchev–Trinajstić information content (AvgIpc) is 2.61. The van der Waals surface area contributed by atoms with Gasteiger partial charge in [0.05, 0.1) is 23.8 Å². The third kappa shape index (κ3) is 4.95. The van der Waals surface area contributed by atoms with Crippen molar-refractivity contribution in [2.75, 3.05) is 7.11 Å². The van der Waals surface area contributed by atoms with Crippen LogP contribution in [0.25, 0.3) is 6.08 Å². The zero-order chi connectivity index (χ0) is 19.4. The number of esters is 1. The van der Waals surface area contributed by atoms with E-state index in [1.54, 1.807) is 43.3 Å². The first kappa shape index (κ1) is 19.7. The third-order valence-electron chi connectivity index (χ3n) is 3.99. The van der Waals surface area contributed by atoms with Crippen molar-refractivity contribution in [2.24, 2.45) is 0 Å². The van der Waals surface area contributed by atoms with Crippen molar-refractivity contribution in [1.29, 1.82) is 0 Å². The molecule has 0 bridgehead atoms. The van der Waals surface area contributed by atoms with Crippen LogP contribution in [0.1, 0.15) is 40.4 Å². The molecule has 0 aliphatic heterocycles. The van der Waals surface area contributed by atoms with E-state index in [9.17, 15) is 23.1 Å². The van der Waals surface area contributed by atoms with Crippen LogP contribution in [0.4, 0.5) is 13.2 Å². The van der Waals surface area contributed by atoms with Gasteiger partial charge in [-0.05, 0) is 48.7 Å². The number of benzene rings is 2. The number of carbonyl (C=O) groups excluding carboxylic acids is 1. The minimum atomic E-state index is -4.40. The van der Waals surface area contributed by atoms with Gasteiger partial charge in [0.15, 0.2) is 0 Å². The van der Waals surface area contributed by atoms with E-state index in [1.165, 1.54) is 19.2 Å². The molecule has 0 radical (unpaired) electrons. The Kier molecular flexibility index (Phi) is 5.87. The summed E-state index contributed by atoms with van der Waals surface area (Å²) in [5.74, 6) is -0.425. The molecule has 26 heavy (non-hydrogen) atoms. The normalized spacial score (nSPS) is 14.2. The molecule has 1 atom stereocenters. The van der Waals surface area contributed by atoms with Gasteiger partial charge in [-0.3, -0.25) is 0 Å². The number of rotatable bonds is 5. The van der Waals surface area contributed by atoms with Gasteiger partial charge in [0.25, 0.3) is 0 Å². The molecule has 0 spiro atoms. The standard InChI is InChI=1S/C20H19F3O3/c1-19(25,16-9-11-17(12-10-16)20(21,22)23)13-3-4-14-5-7-15(8-6-14)18(24)26-2/h3-12,25H,13H2,1-2H3/b4-3+/t19-/m0/s1. The maximum absolute atomic E-state index is 12.6. The number of methoxy groups -OCH3 is 1. The number of ether oxygens (including phenoxy) is 1. The molecule has 0 aliphatic rings. The highest BCUT2D eigenvalue weighted by molar-refractivity contribution is 5.89. The van der Waals surface area contributed by atoms with Crippen LogP contribution in [0.3, 0.4) is 0 Å². The molecule has 0 heterocycles. The zero-order valence-electron chi connectivity index (χ0n) is 14.4. The number of aliphatic hydroxyl groups is 1. The van der Waals surface area contributed by atoms with Crippen molar-refractivity contribution in [2.45, 2.75) is 25.1 Å². The average molecular weight is 364 g/mol. The minimum Gasteiger partial charge on any atom is -0.465 e. The fourth-order valence-electron chi connectivity index (χ4n) is 2.41. The van der Waals surface area contributed by atoms with Crippen LogP contribution in [0.2, 0.25) is 0 Å². The van der Waals surface area contributed by atoms with Gasteiger partial charge in [-0.25, -0.2) is 4.79 Å².